The summed E-state index contributed by atoms with van der Waals surface area (Å²) < 4.78 is 10.8. The molecule has 126 valence electrons. The molecule has 23 heavy (non-hydrogen) atoms. The maximum Gasteiger partial charge on any atom is 0.239 e. The van der Waals surface area contributed by atoms with Crippen LogP contribution in [0.1, 0.15) is 30.7 Å². The Labute approximate surface area is 137 Å². The highest BCUT2D eigenvalue weighted by molar-refractivity contribution is 5.82. The number of carbonyl (C=O) groups is 1. The van der Waals surface area contributed by atoms with Crippen LogP contribution in [0.15, 0.2) is 24.3 Å². The minimum Gasteiger partial charge on any atom is -0.496 e. The SMILES string of the molecule is COc1ccccc1C1CCN(C(=O)C(N)C2CCOCC2)C1. The molecule has 0 aliphatic carbocycles. The predicted octanol–water partition coefficient (Wildman–Crippen LogP) is 1.76. The summed E-state index contributed by atoms with van der Waals surface area (Å²) in [4.78, 5) is 14.6. The van der Waals surface area contributed by atoms with Crippen LogP contribution in [0.25, 0.3) is 0 Å². The van der Waals surface area contributed by atoms with Gasteiger partial charge in [0, 0.05) is 32.2 Å². The summed E-state index contributed by atoms with van der Waals surface area (Å²) in [6.07, 6.45) is 2.74. The molecule has 1 amide bonds. The number of hydrogen-bond donors (Lipinski definition) is 1. The van der Waals surface area contributed by atoms with E-state index in [1.807, 2.05) is 23.1 Å². The zero-order chi connectivity index (χ0) is 16.2. The normalized spacial score (nSPS) is 23.7. The Bertz CT molecular complexity index is 543. The molecule has 0 saturated carbocycles. The first-order valence-corrected chi connectivity index (χ1v) is 8.45. The summed E-state index contributed by atoms with van der Waals surface area (Å²) in [6.45, 7) is 2.94. The highest BCUT2D eigenvalue weighted by Crippen LogP contribution is 2.34. The topological polar surface area (TPSA) is 64.8 Å². The summed E-state index contributed by atoms with van der Waals surface area (Å²) in [5.41, 5.74) is 7.43. The number of benzene rings is 1. The van der Waals surface area contributed by atoms with Crippen molar-refractivity contribution in [3.05, 3.63) is 29.8 Å². The fourth-order valence-corrected chi connectivity index (χ4v) is 3.71. The number of para-hydroxylation sites is 1. The molecule has 5 nitrogen and oxygen atoms in total. The van der Waals surface area contributed by atoms with Crippen LogP contribution >= 0.6 is 0 Å². The zero-order valence-electron chi connectivity index (χ0n) is 13.7. The Hall–Kier alpha value is -1.59. The van der Waals surface area contributed by atoms with Crippen molar-refractivity contribution in [2.45, 2.75) is 31.2 Å². The summed E-state index contributed by atoms with van der Waals surface area (Å²) in [5.74, 6) is 1.58. The maximum atomic E-state index is 12.7. The Kier molecular flexibility index (Phi) is 5.18. The molecule has 5 heteroatoms. The lowest BCUT2D eigenvalue weighted by Gasteiger charge is -2.29. The van der Waals surface area contributed by atoms with Crippen LogP contribution in [0, 0.1) is 5.92 Å². The van der Waals surface area contributed by atoms with E-state index in [0.717, 1.165) is 51.3 Å². The molecule has 0 bridgehead atoms. The highest BCUT2D eigenvalue weighted by Gasteiger charge is 2.34. The van der Waals surface area contributed by atoms with Gasteiger partial charge in [-0.05, 0) is 36.8 Å². The lowest BCUT2D eigenvalue weighted by Crippen LogP contribution is -2.48. The van der Waals surface area contributed by atoms with E-state index in [4.69, 9.17) is 15.2 Å². The number of nitrogens with zero attached hydrogens (tertiary/aromatic N) is 1. The number of ether oxygens (including phenoxy) is 2. The standard InChI is InChI=1S/C18H26N2O3/c1-22-16-5-3-2-4-15(16)14-6-9-20(12-14)18(21)17(19)13-7-10-23-11-8-13/h2-5,13-14,17H,6-12,19H2,1H3. The number of nitrogens with two attached hydrogens (primary N) is 1. The monoisotopic (exact) mass is 318 g/mol. The van der Waals surface area contributed by atoms with E-state index < -0.39 is 6.04 Å². The quantitative estimate of drug-likeness (QED) is 0.919. The molecular weight excluding hydrogens is 292 g/mol. The Morgan fingerprint density at radius 2 is 2.04 bits per heavy atom. The van der Waals surface area contributed by atoms with E-state index >= 15 is 0 Å². The second-order valence-electron chi connectivity index (χ2n) is 6.49. The largest absolute Gasteiger partial charge is 0.496 e. The number of hydrogen-bond acceptors (Lipinski definition) is 4. The predicted molar refractivity (Wildman–Crippen MR) is 88.5 cm³/mol. The van der Waals surface area contributed by atoms with Gasteiger partial charge in [-0.1, -0.05) is 18.2 Å². The first kappa shape index (κ1) is 16.3. The summed E-state index contributed by atoms with van der Waals surface area (Å²) >= 11 is 0. The minimum absolute atomic E-state index is 0.0919. The lowest BCUT2D eigenvalue weighted by atomic mass is 9.91. The van der Waals surface area contributed by atoms with Crippen LogP contribution < -0.4 is 10.5 Å². The van der Waals surface area contributed by atoms with Crippen molar-refractivity contribution >= 4 is 5.91 Å². The van der Waals surface area contributed by atoms with Gasteiger partial charge in [0.15, 0.2) is 0 Å². The van der Waals surface area contributed by atoms with Crippen molar-refractivity contribution in [1.29, 1.82) is 0 Å². The number of rotatable bonds is 4. The molecule has 2 saturated heterocycles. The first-order chi connectivity index (χ1) is 11.2. The average molecular weight is 318 g/mol. The van der Waals surface area contributed by atoms with Crippen molar-refractivity contribution in [2.75, 3.05) is 33.4 Å². The molecule has 2 heterocycles. The molecule has 0 radical (unpaired) electrons. The Morgan fingerprint density at radius 1 is 1.30 bits per heavy atom. The average Bonchev–Trinajstić information content (AvgIpc) is 3.11. The summed E-state index contributed by atoms with van der Waals surface area (Å²) in [7, 11) is 1.69. The van der Waals surface area contributed by atoms with Gasteiger partial charge in [-0.25, -0.2) is 0 Å². The Morgan fingerprint density at radius 3 is 2.78 bits per heavy atom. The van der Waals surface area contributed by atoms with E-state index in [9.17, 15) is 4.79 Å². The fraction of sp³-hybridized carbons (Fsp3) is 0.611. The van der Waals surface area contributed by atoms with Crippen molar-refractivity contribution in [3.63, 3.8) is 0 Å². The molecule has 1 aromatic rings. The third-order valence-electron chi connectivity index (χ3n) is 5.14. The minimum atomic E-state index is -0.393. The summed E-state index contributed by atoms with van der Waals surface area (Å²) in [5, 5.41) is 0. The molecular formula is C18H26N2O3. The molecule has 0 aromatic heterocycles. The van der Waals surface area contributed by atoms with Gasteiger partial charge in [0.25, 0.3) is 0 Å². The van der Waals surface area contributed by atoms with Crippen LogP contribution in [0.3, 0.4) is 0 Å². The fourth-order valence-electron chi connectivity index (χ4n) is 3.71. The van der Waals surface area contributed by atoms with Gasteiger partial charge in [-0.2, -0.15) is 0 Å². The second-order valence-corrected chi connectivity index (χ2v) is 6.49. The Balaban J connectivity index is 1.63. The number of methoxy groups -OCH3 is 1. The van der Waals surface area contributed by atoms with Crippen molar-refractivity contribution in [2.24, 2.45) is 11.7 Å². The molecule has 3 rings (SSSR count). The van der Waals surface area contributed by atoms with Gasteiger partial charge in [0.05, 0.1) is 13.2 Å². The van der Waals surface area contributed by atoms with Crippen LogP contribution in [-0.2, 0) is 9.53 Å². The second kappa shape index (κ2) is 7.32. The number of likely N-dealkylation sites (tertiary alicyclic amines) is 1. The van der Waals surface area contributed by atoms with Crippen molar-refractivity contribution in [3.8, 4) is 5.75 Å². The van der Waals surface area contributed by atoms with E-state index in [1.165, 1.54) is 5.56 Å². The third kappa shape index (κ3) is 3.51. The number of amides is 1. The van der Waals surface area contributed by atoms with Gasteiger partial charge in [-0.15, -0.1) is 0 Å². The van der Waals surface area contributed by atoms with Gasteiger partial charge in [0.2, 0.25) is 5.91 Å². The molecule has 2 aliphatic rings. The molecule has 2 N–H and O–H groups in total. The smallest absolute Gasteiger partial charge is 0.239 e. The van der Waals surface area contributed by atoms with E-state index in [0.29, 0.717) is 5.92 Å². The molecule has 1 aromatic carbocycles. The maximum absolute atomic E-state index is 12.7. The first-order valence-electron chi connectivity index (χ1n) is 8.45. The van der Waals surface area contributed by atoms with E-state index in [-0.39, 0.29) is 11.8 Å². The van der Waals surface area contributed by atoms with Crippen LogP contribution in [-0.4, -0.2) is 50.3 Å². The van der Waals surface area contributed by atoms with Gasteiger partial charge in [0.1, 0.15) is 5.75 Å². The van der Waals surface area contributed by atoms with Gasteiger partial charge in [-0.3, -0.25) is 4.79 Å². The molecule has 2 aliphatic heterocycles. The molecule has 2 unspecified atom stereocenters. The van der Waals surface area contributed by atoms with Crippen LogP contribution in [0.5, 0.6) is 5.75 Å². The molecule has 2 fully saturated rings. The van der Waals surface area contributed by atoms with Gasteiger partial charge >= 0.3 is 0 Å². The van der Waals surface area contributed by atoms with Gasteiger partial charge < -0.3 is 20.1 Å². The van der Waals surface area contributed by atoms with E-state index in [2.05, 4.69) is 6.07 Å². The van der Waals surface area contributed by atoms with Crippen LogP contribution in [0.4, 0.5) is 0 Å². The van der Waals surface area contributed by atoms with Crippen LogP contribution in [0.2, 0.25) is 0 Å². The van der Waals surface area contributed by atoms with E-state index in [1.54, 1.807) is 7.11 Å². The van der Waals surface area contributed by atoms with Crippen molar-refractivity contribution < 1.29 is 14.3 Å². The molecule has 2 atom stereocenters. The summed E-state index contributed by atoms with van der Waals surface area (Å²) in [6, 6.07) is 7.68. The number of carbonyl (C=O) groups excluding carboxylic acids is 1. The molecule has 0 spiro atoms. The lowest BCUT2D eigenvalue weighted by molar-refractivity contribution is -0.133. The third-order valence-corrected chi connectivity index (χ3v) is 5.14. The zero-order valence-corrected chi connectivity index (χ0v) is 13.7. The highest BCUT2D eigenvalue weighted by atomic mass is 16.5. The van der Waals surface area contributed by atoms with Crippen molar-refractivity contribution in [1.82, 2.24) is 4.90 Å².